The minimum Gasteiger partial charge on any atom is -0.455 e. The van der Waals surface area contributed by atoms with Crippen LogP contribution in [0.1, 0.15) is 0 Å². The summed E-state index contributed by atoms with van der Waals surface area (Å²) in [5, 5.41) is 9.60. The Morgan fingerprint density at radius 3 is 2.24 bits per heavy atom. The van der Waals surface area contributed by atoms with E-state index in [0.717, 1.165) is 11.2 Å². The van der Waals surface area contributed by atoms with E-state index in [-0.39, 0.29) is 0 Å². The Hall–Kier alpha value is -3.14. The molecule has 136 valence electrons. The summed E-state index contributed by atoms with van der Waals surface area (Å²) in [6.45, 7) is 0. The highest BCUT2D eigenvalue weighted by Gasteiger charge is 2.14. The van der Waals surface area contributed by atoms with Gasteiger partial charge in [0, 0.05) is 46.6 Å². The first-order valence-electron chi connectivity index (χ1n) is 9.60. The van der Waals surface area contributed by atoms with E-state index in [9.17, 15) is 0 Å². The van der Waals surface area contributed by atoms with Gasteiger partial charge in [0.1, 0.15) is 11.2 Å². The van der Waals surface area contributed by atoms with Crippen LogP contribution in [0.2, 0.25) is 0 Å². The minimum atomic E-state index is 0.954. The summed E-state index contributed by atoms with van der Waals surface area (Å²) < 4.78 is 9.11. The number of fused-ring (bicyclic) bond motifs is 9. The normalized spacial score (nSPS) is 12.1. The predicted molar refractivity (Wildman–Crippen MR) is 127 cm³/mol. The van der Waals surface area contributed by atoms with Crippen LogP contribution in [0.15, 0.2) is 88.7 Å². The molecule has 0 aliphatic rings. The van der Waals surface area contributed by atoms with Crippen LogP contribution in [-0.2, 0) is 0 Å². The van der Waals surface area contributed by atoms with E-state index in [1.807, 2.05) is 11.3 Å². The summed E-state index contributed by atoms with van der Waals surface area (Å²) >= 11 is 3.62. The molecular formula is C26H14OS2. The Bertz CT molecular complexity index is 1700. The van der Waals surface area contributed by atoms with Crippen LogP contribution in [-0.4, -0.2) is 0 Å². The van der Waals surface area contributed by atoms with E-state index in [1.54, 1.807) is 11.3 Å². The van der Waals surface area contributed by atoms with Crippen molar-refractivity contribution in [3.63, 3.8) is 0 Å². The maximum Gasteiger partial charge on any atom is 0.143 e. The summed E-state index contributed by atoms with van der Waals surface area (Å²) in [4.78, 5) is 1.27. The van der Waals surface area contributed by atoms with Crippen molar-refractivity contribution in [1.82, 2.24) is 0 Å². The maximum atomic E-state index is 6.44. The molecule has 0 atom stereocenters. The van der Waals surface area contributed by atoms with Gasteiger partial charge in [-0.1, -0.05) is 42.5 Å². The molecule has 3 heterocycles. The quantitative estimate of drug-likeness (QED) is 0.265. The zero-order chi connectivity index (χ0) is 18.9. The molecule has 0 spiro atoms. The largest absolute Gasteiger partial charge is 0.455 e. The van der Waals surface area contributed by atoms with Gasteiger partial charge in [0.25, 0.3) is 0 Å². The fourth-order valence-electron chi connectivity index (χ4n) is 4.42. The molecule has 7 aromatic rings. The third-order valence-electron chi connectivity index (χ3n) is 5.78. The zero-order valence-electron chi connectivity index (χ0n) is 15.3. The molecule has 0 bridgehead atoms. The average molecular weight is 407 g/mol. The number of hydrogen-bond acceptors (Lipinski definition) is 3. The monoisotopic (exact) mass is 406 g/mol. The first-order valence-corrected chi connectivity index (χ1v) is 11.3. The molecule has 3 aromatic heterocycles. The van der Waals surface area contributed by atoms with Gasteiger partial charge in [-0.3, -0.25) is 0 Å². The van der Waals surface area contributed by atoms with E-state index in [1.165, 1.54) is 52.2 Å². The van der Waals surface area contributed by atoms with Gasteiger partial charge in [0.2, 0.25) is 0 Å². The predicted octanol–water partition coefficient (Wildman–Crippen LogP) is 8.84. The SMILES string of the molecule is c1csc(-c2ccc3c(c2)oc2c3ccc3c2ccc2c4ccccc4sc23)c1. The number of rotatable bonds is 1. The van der Waals surface area contributed by atoms with Gasteiger partial charge in [-0.2, -0.15) is 0 Å². The first-order chi connectivity index (χ1) is 14.4. The molecule has 0 aliphatic carbocycles. The first kappa shape index (κ1) is 15.7. The van der Waals surface area contributed by atoms with Gasteiger partial charge in [0.05, 0.1) is 0 Å². The van der Waals surface area contributed by atoms with Crippen molar-refractivity contribution in [3.8, 4) is 10.4 Å². The van der Waals surface area contributed by atoms with Crippen molar-refractivity contribution in [1.29, 1.82) is 0 Å². The third kappa shape index (κ3) is 2.14. The Balaban J connectivity index is 1.57. The van der Waals surface area contributed by atoms with Gasteiger partial charge in [-0.05, 0) is 47.3 Å². The van der Waals surface area contributed by atoms with Gasteiger partial charge >= 0.3 is 0 Å². The molecule has 29 heavy (non-hydrogen) atoms. The Labute approximate surface area is 174 Å². The van der Waals surface area contributed by atoms with Crippen LogP contribution in [0.3, 0.4) is 0 Å². The summed E-state index contributed by atoms with van der Waals surface area (Å²) in [5.41, 5.74) is 3.15. The fourth-order valence-corrected chi connectivity index (χ4v) is 6.37. The van der Waals surface area contributed by atoms with Crippen molar-refractivity contribution in [2.45, 2.75) is 0 Å². The van der Waals surface area contributed by atoms with Gasteiger partial charge in [-0.15, -0.1) is 22.7 Å². The van der Waals surface area contributed by atoms with Crippen LogP contribution in [0.5, 0.6) is 0 Å². The summed E-state index contributed by atoms with van der Waals surface area (Å²) in [5.74, 6) is 0. The van der Waals surface area contributed by atoms with Crippen LogP contribution in [0.25, 0.3) is 63.3 Å². The molecule has 0 unspecified atom stereocenters. The van der Waals surface area contributed by atoms with E-state index in [4.69, 9.17) is 4.42 Å². The maximum absolute atomic E-state index is 6.44. The topological polar surface area (TPSA) is 13.1 Å². The lowest BCUT2D eigenvalue weighted by Crippen LogP contribution is -1.75. The average Bonchev–Trinajstić information content (AvgIpc) is 3.49. The van der Waals surface area contributed by atoms with Crippen molar-refractivity contribution in [2.75, 3.05) is 0 Å². The highest BCUT2D eigenvalue weighted by Crippen LogP contribution is 2.42. The van der Waals surface area contributed by atoms with Gasteiger partial charge < -0.3 is 4.42 Å². The van der Waals surface area contributed by atoms with E-state index in [2.05, 4.69) is 84.2 Å². The summed E-state index contributed by atoms with van der Waals surface area (Å²) in [7, 11) is 0. The molecule has 7 rings (SSSR count). The fraction of sp³-hybridized carbons (Fsp3) is 0. The molecule has 0 fully saturated rings. The van der Waals surface area contributed by atoms with Crippen molar-refractivity contribution >= 4 is 75.6 Å². The number of hydrogen-bond donors (Lipinski definition) is 0. The number of furan rings is 1. The Morgan fingerprint density at radius 2 is 1.38 bits per heavy atom. The smallest absolute Gasteiger partial charge is 0.143 e. The number of thiophene rings is 2. The molecular weight excluding hydrogens is 392 g/mol. The highest BCUT2D eigenvalue weighted by atomic mass is 32.1. The summed E-state index contributed by atoms with van der Waals surface area (Å²) in [6.07, 6.45) is 0. The van der Waals surface area contributed by atoms with Crippen LogP contribution < -0.4 is 0 Å². The highest BCUT2D eigenvalue weighted by molar-refractivity contribution is 7.26. The standard InChI is InChI=1S/C26H14OS2/c1-2-5-24-17(4-1)20-11-10-19-21(26(20)29-24)12-9-18-16-8-7-15(23-6-3-13-28-23)14-22(16)27-25(18)19/h1-14H. The molecule has 0 aliphatic heterocycles. The second kappa shape index (κ2) is 5.69. The number of benzene rings is 4. The lowest BCUT2D eigenvalue weighted by atomic mass is 10.0. The van der Waals surface area contributed by atoms with E-state index < -0.39 is 0 Å². The molecule has 0 saturated heterocycles. The minimum absolute atomic E-state index is 0.954. The Morgan fingerprint density at radius 1 is 0.621 bits per heavy atom. The molecule has 0 amide bonds. The molecule has 0 saturated carbocycles. The van der Waals surface area contributed by atoms with Crippen LogP contribution in [0, 0.1) is 0 Å². The van der Waals surface area contributed by atoms with E-state index in [0.29, 0.717) is 0 Å². The lowest BCUT2D eigenvalue weighted by Gasteiger charge is -2.01. The molecule has 4 aromatic carbocycles. The van der Waals surface area contributed by atoms with Crippen molar-refractivity contribution in [2.24, 2.45) is 0 Å². The molecule has 0 radical (unpaired) electrons. The lowest BCUT2D eigenvalue weighted by molar-refractivity contribution is 0.673. The molecule has 3 heteroatoms. The van der Waals surface area contributed by atoms with Crippen LogP contribution in [0.4, 0.5) is 0 Å². The third-order valence-corrected chi connectivity index (χ3v) is 7.92. The molecule has 0 N–H and O–H groups in total. The zero-order valence-corrected chi connectivity index (χ0v) is 16.9. The second-order valence-corrected chi connectivity index (χ2v) is 9.37. The summed E-state index contributed by atoms with van der Waals surface area (Å²) in [6, 6.07) is 28.4. The van der Waals surface area contributed by atoms with Gasteiger partial charge in [-0.25, -0.2) is 0 Å². The van der Waals surface area contributed by atoms with E-state index >= 15 is 0 Å². The second-order valence-electron chi connectivity index (χ2n) is 7.37. The van der Waals surface area contributed by atoms with Crippen LogP contribution >= 0.6 is 22.7 Å². The van der Waals surface area contributed by atoms with Crippen molar-refractivity contribution in [3.05, 3.63) is 84.2 Å². The van der Waals surface area contributed by atoms with Gasteiger partial charge in [0.15, 0.2) is 0 Å². The Kier molecular flexibility index (Phi) is 3.09. The van der Waals surface area contributed by atoms with Crippen molar-refractivity contribution < 1.29 is 4.42 Å². The molecule has 1 nitrogen and oxygen atoms in total.